The fraction of sp³-hybridized carbons (Fsp3) is 0.441. The molecule has 0 bridgehead atoms. The number of cyclic esters (lactones) is 2. The summed E-state index contributed by atoms with van der Waals surface area (Å²) in [5, 5.41) is 0. The first-order valence-corrected chi connectivity index (χ1v) is 14.8. The number of halogens is 1. The third-order valence-corrected chi connectivity index (χ3v) is 7.04. The second-order valence-corrected chi connectivity index (χ2v) is 10.3. The summed E-state index contributed by atoms with van der Waals surface area (Å²) >= 11 is 0. The number of carbonyl (C=O) groups excluding carboxylic acids is 1. The van der Waals surface area contributed by atoms with Crippen molar-refractivity contribution in [1.29, 1.82) is 0 Å². The highest BCUT2D eigenvalue weighted by molar-refractivity contribution is 5.65. The van der Waals surface area contributed by atoms with E-state index in [1.165, 1.54) is 38.2 Å². The molecule has 0 amide bonds. The molecule has 1 aliphatic rings. The maximum Gasteiger partial charge on any atom is 0.508 e. The molecular weight excluding hydrogens is 523 g/mol. The highest BCUT2D eigenvalue weighted by Gasteiger charge is 2.21. The summed E-state index contributed by atoms with van der Waals surface area (Å²) in [5.74, 6) is 0.713. The molecule has 0 N–H and O–H groups in total. The van der Waals surface area contributed by atoms with Crippen LogP contribution in [0.4, 0.5) is 9.18 Å². The fourth-order valence-corrected chi connectivity index (χ4v) is 4.67. The maximum atomic E-state index is 14.6. The molecule has 0 aromatic heterocycles. The molecule has 3 aromatic carbocycles. The lowest BCUT2D eigenvalue weighted by atomic mass is 10.1. The van der Waals surface area contributed by atoms with Crippen LogP contribution in [0.25, 0.3) is 11.1 Å². The summed E-state index contributed by atoms with van der Waals surface area (Å²) < 4.78 is 41.4. The van der Waals surface area contributed by atoms with E-state index in [9.17, 15) is 9.18 Å². The first-order chi connectivity index (χ1) is 20.2. The Bertz CT molecular complexity index is 1160. The fourth-order valence-electron chi connectivity index (χ4n) is 4.67. The van der Waals surface area contributed by atoms with Crippen molar-refractivity contribution in [3.63, 3.8) is 0 Å². The summed E-state index contributed by atoms with van der Waals surface area (Å²) in [6, 6.07) is 22.6. The van der Waals surface area contributed by atoms with Gasteiger partial charge in [0.05, 0.1) is 6.61 Å². The number of benzene rings is 3. The summed E-state index contributed by atoms with van der Waals surface area (Å²) in [4.78, 5) is 10.8. The SMILES string of the molecule is O=C1OCC(OCCCCCCCCCCCOc2ccc(-c3ccc(OCc4ccccc4)c(F)c3)cc2)CO1. The predicted molar refractivity (Wildman–Crippen MR) is 157 cm³/mol. The number of ether oxygens (including phenoxy) is 5. The predicted octanol–water partition coefficient (Wildman–Crippen LogP) is 8.51. The van der Waals surface area contributed by atoms with Gasteiger partial charge in [0, 0.05) is 6.61 Å². The van der Waals surface area contributed by atoms with Crippen LogP contribution in [-0.4, -0.2) is 38.7 Å². The minimum atomic E-state index is -0.605. The molecule has 7 heteroatoms. The van der Waals surface area contributed by atoms with Crippen LogP contribution in [0.5, 0.6) is 11.5 Å². The van der Waals surface area contributed by atoms with Gasteiger partial charge in [-0.2, -0.15) is 0 Å². The van der Waals surface area contributed by atoms with Gasteiger partial charge in [0.15, 0.2) is 11.6 Å². The highest BCUT2D eigenvalue weighted by Crippen LogP contribution is 2.28. The van der Waals surface area contributed by atoms with Crippen molar-refractivity contribution in [2.45, 2.75) is 70.5 Å². The van der Waals surface area contributed by atoms with Gasteiger partial charge in [-0.25, -0.2) is 9.18 Å². The molecule has 1 fully saturated rings. The van der Waals surface area contributed by atoms with Crippen LogP contribution < -0.4 is 9.47 Å². The van der Waals surface area contributed by atoms with Crippen molar-refractivity contribution in [3.05, 3.63) is 84.2 Å². The van der Waals surface area contributed by atoms with Gasteiger partial charge in [-0.1, -0.05) is 93.5 Å². The van der Waals surface area contributed by atoms with E-state index in [2.05, 4.69) is 0 Å². The Kier molecular flexibility index (Phi) is 12.8. The van der Waals surface area contributed by atoms with Crippen LogP contribution in [0.3, 0.4) is 0 Å². The molecule has 0 spiro atoms. The van der Waals surface area contributed by atoms with Crippen molar-refractivity contribution in [2.24, 2.45) is 0 Å². The van der Waals surface area contributed by atoms with Crippen LogP contribution in [0.15, 0.2) is 72.8 Å². The maximum absolute atomic E-state index is 14.6. The molecular formula is C34H41FO6. The molecule has 0 unspecified atom stereocenters. The molecule has 0 aliphatic carbocycles. The molecule has 1 saturated heterocycles. The van der Waals surface area contributed by atoms with E-state index in [4.69, 9.17) is 23.7 Å². The number of hydrogen-bond donors (Lipinski definition) is 0. The molecule has 4 rings (SSSR count). The van der Waals surface area contributed by atoms with E-state index >= 15 is 0 Å². The van der Waals surface area contributed by atoms with Gasteiger partial charge in [0.25, 0.3) is 0 Å². The van der Waals surface area contributed by atoms with E-state index in [1.807, 2.05) is 60.7 Å². The van der Waals surface area contributed by atoms with Crippen molar-refractivity contribution < 1.29 is 32.9 Å². The molecule has 0 radical (unpaired) electrons. The Morgan fingerprint density at radius 2 is 1.29 bits per heavy atom. The van der Waals surface area contributed by atoms with Crippen LogP contribution in [0, 0.1) is 5.82 Å². The van der Waals surface area contributed by atoms with Crippen molar-refractivity contribution >= 4 is 6.16 Å². The zero-order valence-corrected chi connectivity index (χ0v) is 23.7. The third kappa shape index (κ3) is 11.1. The topological polar surface area (TPSA) is 63.2 Å². The van der Waals surface area contributed by atoms with Gasteiger partial charge in [0.1, 0.15) is 31.7 Å². The largest absolute Gasteiger partial charge is 0.508 e. The molecule has 220 valence electrons. The quantitative estimate of drug-likeness (QED) is 0.114. The second-order valence-electron chi connectivity index (χ2n) is 10.3. The second kappa shape index (κ2) is 17.3. The lowest BCUT2D eigenvalue weighted by Gasteiger charge is -2.21. The molecule has 0 atom stereocenters. The van der Waals surface area contributed by atoms with E-state index in [0.717, 1.165) is 48.1 Å². The minimum Gasteiger partial charge on any atom is -0.494 e. The normalized spacial score (nSPS) is 13.4. The Balaban J connectivity index is 1.01. The summed E-state index contributed by atoms with van der Waals surface area (Å²) in [6.45, 7) is 2.30. The van der Waals surface area contributed by atoms with E-state index in [-0.39, 0.29) is 17.7 Å². The zero-order valence-electron chi connectivity index (χ0n) is 23.7. The van der Waals surface area contributed by atoms with Gasteiger partial charge in [-0.3, -0.25) is 0 Å². The van der Waals surface area contributed by atoms with E-state index in [0.29, 0.717) is 33.0 Å². The summed E-state index contributed by atoms with van der Waals surface area (Å²) in [7, 11) is 0. The first-order valence-electron chi connectivity index (χ1n) is 14.8. The molecule has 6 nitrogen and oxygen atoms in total. The summed E-state index contributed by atoms with van der Waals surface area (Å²) in [6.07, 6.45) is 9.86. The van der Waals surface area contributed by atoms with Crippen molar-refractivity contribution in [1.82, 2.24) is 0 Å². The van der Waals surface area contributed by atoms with Crippen molar-refractivity contribution in [2.75, 3.05) is 26.4 Å². The lowest BCUT2D eigenvalue weighted by Crippen LogP contribution is -2.34. The van der Waals surface area contributed by atoms with Gasteiger partial charge in [-0.15, -0.1) is 0 Å². The van der Waals surface area contributed by atoms with Gasteiger partial charge in [0.2, 0.25) is 0 Å². The van der Waals surface area contributed by atoms with Crippen LogP contribution >= 0.6 is 0 Å². The van der Waals surface area contributed by atoms with Gasteiger partial charge >= 0.3 is 6.16 Å². The Morgan fingerprint density at radius 3 is 1.95 bits per heavy atom. The first kappa shape index (κ1) is 30.4. The van der Waals surface area contributed by atoms with Gasteiger partial charge in [-0.05, 0) is 53.8 Å². The lowest BCUT2D eigenvalue weighted by molar-refractivity contribution is -0.0837. The smallest absolute Gasteiger partial charge is 0.494 e. The molecule has 0 saturated carbocycles. The molecule has 1 aliphatic heterocycles. The van der Waals surface area contributed by atoms with E-state index < -0.39 is 6.16 Å². The molecule has 1 heterocycles. The van der Waals surface area contributed by atoms with Crippen LogP contribution in [-0.2, 0) is 20.8 Å². The number of carbonyl (C=O) groups is 1. The van der Waals surface area contributed by atoms with Crippen molar-refractivity contribution in [3.8, 4) is 22.6 Å². The minimum absolute atomic E-state index is 0.128. The Morgan fingerprint density at radius 1 is 0.683 bits per heavy atom. The number of rotatable bonds is 18. The highest BCUT2D eigenvalue weighted by atomic mass is 19.1. The average Bonchev–Trinajstić information content (AvgIpc) is 3.00. The Labute approximate surface area is 242 Å². The summed E-state index contributed by atoms with van der Waals surface area (Å²) in [5.41, 5.74) is 2.74. The standard InChI is InChI=1S/C34H41FO6/c35-32-23-29(17-20-33(32)39-24-27-13-9-8-10-14-27)28-15-18-30(19-16-28)37-21-11-6-4-2-1-3-5-7-12-22-38-31-25-40-34(36)41-26-31/h8-10,13-20,23,31H,1-7,11-12,21-22,24-26H2. The van der Waals surface area contributed by atoms with E-state index in [1.54, 1.807) is 6.07 Å². The third-order valence-electron chi connectivity index (χ3n) is 7.04. The van der Waals surface area contributed by atoms with Crippen LogP contribution in [0.1, 0.15) is 63.4 Å². The van der Waals surface area contributed by atoms with Gasteiger partial charge < -0.3 is 23.7 Å². The molecule has 3 aromatic rings. The average molecular weight is 565 g/mol. The van der Waals surface area contributed by atoms with Crippen LogP contribution in [0.2, 0.25) is 0 Å². The Hall–Kier alpha value is -3.58. The number of hydrogen-bond acceptors (Lipinski definition) is 6. The zero-order chi connectivity index (χ0) is 28.5. The molecule has 41 heavy (non-hydrogen) atoms. The number of unbranched alkanes of at least 4 members (excludes halogenated alkanes) is 8. The monoisotopic (exact) mass is 564 g/mol.